The fourth-order valence-electron chi connectivity index (χ4n) is 2.46. The number of carbonyl (C=O) groups excluding carboxylic acids is 2. The molecule has 26 heavy (non-hydrogen) atoms. The van der Waals surface area contributed by atoms with Crippen LogP contribution in [-0.2, 0) is 6.54 Å². The number of pyridine rings is 1. The number of nitrogens with one attached hydrogen (secondary N) is 2. The van der Waals surface area contributed by atoms with E-state index in [0.717, 1.165) is 18.4 Å². The maximum absolute atomic E-state index is 12.3. The Morgan fingerprint density at radius 3 is 2.54 bits per heavy atom. The van der Waals surface area contributed by atoms with E-state index in [2.05, 4.69) is 15.6 Å². The van der Waals surface area contributed by atoms with Crippen LogP contribution in [0, 0.1) is 0 Å². The zero-order valence-corrected chi connectivity index (χ0v) is 14.7. The van der Waals surface area contributed by atoms with Crippen LogP contribution < -0.4 is 20.1 Å². The Kier molecular flexibility index (Phi) is 5.36. The highest BCUT2D eigenvalue weighted by atomic mass is 16.5. The largest absolute Gasteiger partial charge is 0.493 e. The summed E-state index contributed by atoms with van der Waals surface area (Å²) in [7, 11) is 3.12. The van der Waals surface area contributed by atoms with Crippen LogP contribution in [0.15, 0.2) is 36.5 Å². The molecule has 2 N–H and O–H groups in total. The molecule has 1 heterocycles. The Morgan fingerprint density at radius 1 is 1.08 bits per heavy atom. The smallest absolute Gasteiger partial charge is 0.270 e. The molecule has 1 aliphatic carbocycles. The summed E-state index contributed by atoms with van der Waals surface area (Å²) in [5, 5.41) is 5.69. The zero-order chi connectivity index (χ0) is 18.5. The molecule has 7 heteroatoms. The van der Waals surface area contributed by atoms with E-state index in [1.807, 2.05) is 6.07 Å². The van der Waals surface area contributed by atoms with Gasteiger partial charge >= 0.3 is 0 Å². The first kappa shape index (κ1) is 17.7. The number of methoxy groups -OCH3 is 2. The van der Waals surface area contributed by atoms with E-state index in [0.29, 0.717) is 23.6 Å². The van der Waals surface area contributed by atoms with Crippen LogP contribution in [-0.4, -0.2) is 37.1 Å². The van der Waals surface area contributed by atoms with Crippen LogP contribution in [0.2, 0.25) is 0 Å². The predicted octanol–water partition coefficient (Wildman–Crippen LogP) is 1.92. The van der Waals surface area contributed by atoms with E-state index in [1.165, 1.54) is 12.3 Å². The molecule has 1 aliphatic rings. The molecule has 2 aromatic rings. The highest BCUT2D eigenvalue weighted by Gasteiger charge is 2.24. The fourth-order valence-corrected chi connectivity index (χ4v) is 2.46. The summed E-state index contributed by atoms with van der Waals surface area (Å²) >= 11 is 0. The van der Waals surface area contributed by atoms with Gasteiger partial charge in [-0.05, 0) is 42.7 Å². The summed E-state index contributed by atoms with van der Waals surface area (Å²) in [6.07, 6.45) is 3.48. The van der Waals surface area contributed by atoms with Crippen LogP contribution in [0.1, 0.15) is 39.3 Å². The molecule has 0 saturated heterocycles. The Bertz CT molecular complexity index is 818. The fraction of sp³-hybridized carbons (Fsp3) is 0.316. The number of hydrogen-bond donors (Lipinski definition) is 2. The minimum absolute atomic E-state index is 0.177. The first-order valence-corrected chi connectivity index (χ1v) is 8.36. The molecule has 7 nitrogen and oxygen atoms in total. The SMILES string of the molecule is COc1ccc(CNC(=O)c2cc(C(=O)NC3CC3)ccn2)cc1OC. The summed E-state index contributed by atoms with van der Waals surface area (Å²) < 4.78 is 10.4. The second kappa shape index (κ2) is 7.86. The quantitative estimate of drug-likeness (QED) is 0.792. The van der Waals surface area contributed by atoms with Crippen molar-refractivity contribution >= 4 is 11.8 Å². The van der Waals surface area contributed by atoms with Crippen LogP contribution in [0.25, 0.3) is 0 Å². The maximum Gasteiger partial charge on any atom is 0.270 e. The van der Waals surface area contributed by atoms with Crippen LogP contribution in [0.3, 0.4) is 0 Å². The summed E-state index contributed by atoms with van der Waals surface area (Å²) in [5.74, 6) is 0.694. The summed E-state index contributed by atoms with van der Waals surface area (Å²) in [6, 6.07) is 8.78. The van der Waals surface area contributed by atoms with Gasteiger partial charge in [0.15, 0.2) is 11.5 Å². The third-order valence-electron chi connectivity index (χ3n) is 4.07. The van der Waals surface area contributed by atoms with Gasteiger partial charge in [0, 0.05) is 24.3 Å². The van der Waals surface area contributed by atoms with E-state index < -0.39 is 0 Å². The molecule has 0 atom stereocenters. The maximum atomic E-state index is 12.3. The number of aromatic nitrogens is 1. The van der Waals surface area contributed by atoms with Crippen molar-refractivity contribution in [3.05, 3.63) is 53.3 Å². The third-order valence-corrected chi connectivity index (χ3v) is 4.07. The van der Waals surface area contributed by atoms with Gasteiger partial charge in [-0.3, -0.25) is 14.6 Å². The molecule has 1 aromatic heterocycles. The van der Waals surface area contributed by atoms with Gasteiger partial charge in [0.1, 0.15) is 5.69 Å². The van der Waals surface area contributed by atoms with Crippen molar-refractivity contribution in [3.63, 3.8) is 0 Å². The van der Waals surface area contributed by atoms with Crippen LogP contribution in [0.5, 0.6) is 11.5 Å². The van der Waals surface area contributed by atoms with Crippen molar-refractivity contribution in [1.82, 2.24) is 15.6 Å². The van der Waals surface area contributed by atoms with E-state index >= 15 is 0 Å². The predicted molar refractivity (Wildman–Crippen MR) is 95.4 cm³/mol. The van der Waals surface area contributed by atoms with Gasteiger partial charge in [0.05, 0.1) is 14.2 Å². The highest BCUT2D eigenvalue weighted by Crippen LogP contribution is 2.27. The highest BCUT2D eigenvalue weighted by molar-refractivity contribution is 5.98. The van der Waals surface area contributed by atoms with Gasteiger partial charge in [-0.2, -0.15) is 0 Å². The van der Waals surface area contributed by atoms with Gasteiger partial charge in [-0.15, -0.1) is 0 Å². The Balaban J connectivity index is 1.63. The molecule has 0 bridgehead atoms. The summed E-state index contributed by atoms with van der Waals surface area (Å²) in [6.45, 7) is 0.305. The molecule has 0 spiro atoms. The van der Waals surface area contributed by atoms with Crippen LogP contribution >= 0.6 is 0 Å². The zero-order valence-electron chi connectivity index (χ0n) is 14.7. The molecule has 3 rings (SSSR count). The lowest BCUT2D eigenvalue weighted by Gasteiger charge is -2.10. The van der Waals surface area contributed by atoms with Crippen molar-refractivity contribution in [2.75, 3.05) is 14.2 Å². The molecule has 0 aliphatic heterocycles. The number of ether oxygens (including phenoxy) is 2. The van der Waals surface area contributed by atoms with Crippen molar-refractivity contribution < 1.29 is 19.1 Å². The molecule has 1 fully saturated rings. The number of hydrogen-bond acceptors (Lipinski definition) is 5. The normalized spacial score (nSPS) is 13.0. The monoisotopic (exact) mass is 355 g/mol. The molecule has 0 radical (unpaired) electrons. The molecule has 0 unspecified atom stereocenters. The standard InChI is InChI=1S/C19H21N3O4/c1-25-16-6-3-12(9-17(16)26-2)11-21-19(24)15-10-13(7-8-20-15)18(23)22-14-4-5-14/h3,6-10,14H,4-5,11H2,1-2H3,(H,21,24)(H,22,23). The van der Waals surface area contributed by atoms with E-state index in [9.17, 15) is 9.59 Å². The molecular weight excluding hydrogens is 334 g/mol. The number of nitrogens with zero attached hydrogens (tertiary/aromatic N) is 1. The average Bonchev–Trinajstić information content (AvgIpc) is 3.49. The van der Waals surface area contributed by atoms with Crippen molar-refractivity contribution in [2.45, 2.75) is 25.4 Å². The Hall–Kier alpha value is -3.09. The lowest BCUT2D eigenvalue weighted by atomic mass is 10.2. The minimum Gasteiger partial charge on any atom is -0.493 e. The lowest BCUT2D eigenvalue weighted by Crippen LogP contribution is -2.27. The molecular formula is C19H21N3O4. The summed E-state index contributed by atoms with van der Waals surface area (Å²) in [4.78, 5) is 28.5. The lowest BCUT2D eigenvalue weighted by molar-refractivity contribution is 0.0946. The first-order chi connectivity index (χ1) is 12.6. The van der Waals surface area contributed by atoms with Crippen molar-refractivity contribution in [2.24, 2.45) is 0 Å². The molecule has 2 amide bonds. The second-order valence-electron chi connectivity index (χ2n) is 6.05. The van der Waals surface area contributed by atoms with Gasteiger partial charge in [-0.25, -0.2) is 0 Å². The molecule has 1 aromatic carbocycles. The average molecular weight is 355 g/mol. The number of benzene rings is 1. The van der Waals surface area contributed by atoms with E-state index in [4.69, 9.17) is 9.47 Å². The Labute approximate surface area is 151 Å². The Morgan fingerprint density at radius 2 is 1.85 bits per heavy atom. The van der Waals surface area contributed by atoms with Crippen LogP contribution in [0.4, 0.5) is 0 Å². The van der Waals surface area contributed by atoms with Gasteiger partial charge in [0.2, 0.25) is 0 Å². The van der Waals surface area contributed by atoms with E-state index in [1.54, 1.807) is 32.4 Å². The number of amides is 2. The summed E-state index contributed by atoms with van der Waals surface area (Å²) in [5.41, 5.74) is 1.50. The number of rotatable bonds is 7. The third kappa shape index (κ3) is 4.30. The first-order valence-electron chi connectivity index (χ1n) is 8.36. The van der Waals surface area contributed by atoms with Gasteiger partial charge in [-0.1, -0.05) is 6.07 Å². The topological polar surface area (TPSA) is 89.5 Å². The van der Waals surface area contributed by atoms with Gasteiger partial charge < -0.3 is 20.1 Å². The van der Waals surface area contributed by atoms with Gasteiger partial charge in [0.25, 0.3) is 11.8 Å². The number of carbonyl (C=O) groups is 2. The van der Waals surface area contributed by atoms with Crippen molar-refractivity contribution in [1.29, 1.82) is 0 Å². The van der Waals surface area contributed by atoms with Crippen molar-refractivity contribution in [3.8, 4) is 11.5 Å². The minimum atomic E-state index is -0.346. The molecule has 1 saturated carbocycles. The van der Waals surface area contributed by atoms with E-state index in [-0.39, 0.29) is 23.6 Å². The second-order valence-corrected chi connectivity index (χ2v) is 6.05. The molecule has 136 valence electrons.